The zero-order chi connectivity index (χ0) is 15.5. The van der Waals surface area contributed by atoms with Gasteiger partial charge in [0, 0.05) is 11.9 Å². The third-order valence-corrected chi connectivity index (χ3v) is 3.84. The molecule has 22 heavy (non-hydrogen) atoms. The number of rotatable bonds is 4. The van der Waals surface area contributed by atoms with E-state index in [1.165, 1.54) is 27.6 Å². The summed E-state index contributed by atoms with van der Waals surface area (Å²) in [5.41, 5.74) is 12.0. The minimum absolute atomic E-state index is 0.583. The fourth-order valence-corrected chi connectivity index (χ4v) is 2.85. The SMILES string of the molecule is CNCc1cccc(Cc2cc(N)nc3cc(C)ccc23)c1. The molecule has 0 bridgehead atoms. The van der Waals surface area contributed by atoms with Crippen LogP contribution in [0.15, 0.2) is 48.5 Å². The summed E-state index contributed by atoms with van der Waals surface area (Å²) in [6, 6.07) is 17.0. The third-order valence-electron chi connectivity index (χ3n) is 3.84. The lowest BCUT2D eigenvalue weighted by molar-refractivity contribution is 0.816. The van der Waals surface area contributed by atoms with Gasteiger partial charge in [-0.15, -0.1) is 0 Å². The van der Waals surface area contributed by atoms with Crippen LogP contribution in [-0.4, -0.2) is 12.0 Å². The monoisotopic (exact) mass is 291 g/mol. The van der Waals surface area contributed by atoms with Gasteiger partial charge < -0.3 is 11.1 Å². The average molecular weight is 291 g/mol. The van der Waals surface area contributed by atoms with Crippen LogP contribution in [0.25, 0.3) is 10.9 Å². The predicted molar refractivity (Wildman–Crippen MR) is 92.9 cm³/mol. The Bertz CT molecular complexity index is 804. The highest BCUT2D eigenvalue weighted by Gasteiger charge is 2.06. The van der Waals surface area contributed by atoms with Gasteiger partial charge in [0.1, 0.15) is 5.82 Å². The number of benzene rings is 2. The van der Waals surface area contributed by atoms with E-state index in [0.29, 0.717) is 5.82 Å². The van der Waals surface area contributed by atoms with Gasteiger partial charge in [0.2, 0.25) is 0 Å². The molecule has 3 nitrogen and oxygen atoms in total. The maximum Gasteiger partial charge on any atom is 0.124 e. The van der Waals surface area contributed by atoms with Crippen LogP contribution < -0.4 is 11.1 Å². The molecule has 1 heterocycles. The van der Waals surface area contributed by atoms with Crippen LogP contribution in [0.3, 0.4) is 0 Å². The van der Waals surface area contributed by atoms with E-state index in [1.54, 1.807) is 0 Å². The number of hydrogen-bond donors (Lipinski definition) is 2. The smallest absolute Gasteiger partial charge is 0.124 e. The Labute approximate surface area is 131 Å². The Hall–Kier alpha value is -2.39. The molecule has 0 saturated carbocycles. The van der Waals surface area contributed by atoms with E-state index >= 15 is 0 Å². The summed E-state index contributed by atoms with van der Waals surface area (Å²) >= 11 is 0. The largest absolute Gasteiger partial charge is 0.384 e. The quantitative estimate of drug-likeness (QED) is 0.774. The fourth-order valence-electron chi connectivity index (χ4n) is 2.85. The van der Waals surface area contributed by atoms with Crippen LogP contribution in [0, 0.1) is 6.92 Å². The minimum atomic E-state index is 0.583. The summed E-state index contributed by atoms with van der Waals surface area (Å²) < 4.78 is 0. The van der Waals surface area contributed by atoms with Gasteiger partial charge >= 0.3 is 0 Å². The molecule has 0 fully saturated rings. The van der Waals surface area contributed by atoms with Crippen molar-refractivity contribution in [3.05, 3.63) is 70.8 Å². The maximum absolute atomic E-state index is 5.98. The van der Waals surface area contributed by atoms with Crippen LogP contribution >= 0.6 is 0 Å². The molecule has 0 atom stereocenters. The first-order valence-electron chi connectivity index (χ1n) is 7.54. The molecule has 0 spiro atoms. The maximum atomic E-state index is 5.98. The molecule has 0 aliphatic rings. The van der Waals surface area contributed by atoms with Crippen molar-refractivity contribution < 1.29 is 0 Å². The number of nitrogen functional groups attached to an aromatic ring is 1. The summed E-state index contributed by atoms with van der Waals surface area (Å²) in [7, 11) is 1.96. The lowest BCUT2D eigenvalue weighted by Gasteiger charge is -2.10. The van der Waals surface area contributed by atoms with Gasteiger partial charge in [-0.1, -0.05) is 36.4 Å². The fraction of sp³-hybridized carbons (Fsp3) is 0.211. The van der Waals surface area contributed by atoms with E-state index in [-0.39, 0.29) is 0 Å². The van der Waals surface area contributed by atoms with Crippen molar-refractivity contribution in [1.29, 1.82) is 0 Å². The van der Waals surface area contributed by atoms with Gasteiger partial charge in [0.25, 0.3) is 0 Å². The van der Waals surface area contributed by atoms with Crippen LogP contribution in [-0.2, 0) is 13.0 Å². The molecule has 0 amide bonds. The van der Waals surface area contributed by atoms with Gasteiger partial charge in [-0.2, -0.15) is 0 Å². The molecule has 1 aromatic heterocycles. The normalized spacial score (nSPS) is 11.0. The first-order valence-corrected chi connectivity index (χ1v) is 7.54. The molecule has 3 heteroatoms. The topological polar surface area (TPSA) is 50.9 Å². The molecule has 0 saturated heterocycles. The second-order valence-corrected chi connectivity index (χ2v) is 5.75. The van der Waals surface area contributed by atoms with Gasteiger partial charge in [-0.25, -0.2) is 4.98 Å². The zero-order valence-electron chi connectivity index (χ0n) is 13.1. The second-order valence-electron chi connectivity index (χ2n) is 5.75. The second kappa shape index (κ2) is 6.16. The molecular weight excluding hydrogens is 270 g/mol. The number of nitrogens with one attached hydrogen (secondary N) is 1. The highest BCUT2D eigenvalue weighted by molar-refractivity contribution is 5.84. The molecule has 0 aliphatic carbocycles. The molecule has 0 unspecified atom stereocenters. The van der Waals surface area contributed by atoms with Gasteiger partial charge in [-0.05, 0) is 54.8 Å². The average Bonchev–Trinajstić information content (AvgIpc) is 2.47. The number of hydrogen-bond acceptors (Lipinski definition) is 3. The Morgan fingerprint density at radius 2 is 1.86 bits per heavy atom. The van der Waals surface area contributed by atoms with Crippen molar-refractivity contribution in [3.63, 3.8) is 0 Å². The summed E-state index contributed by atoms with van der Waals surface area (Å²) in [5.74, 6) is 0.583. The number of anilines is 1. The number of nitrogens with two attached hydrogens (primary N) is 1. The number of nitrogens with zero attached hydrogens (tertiary/aromatic N) is 1. The van der Waals surface area contributed by atoms with E-state index in [9.17, 15) is 0 Å². The molecule has 0 aliphatic heterocycles. The van der Waals surface area contributed by atoms with Crippen LogP contribution in [0.5, 0.6) is 0 Å². The van der Waals surface area contributed by atoms with Gasteiger partial charge in [0.05, 0.1) is 5.52 Å². The first-order chi connectivity index (χ1) is 10.7. The highest BCUT2D eigenvalue weighted by atomic mass is 14.8. The molecule has 3 rings (SSSR count). The molecular formula is C19H21N3. The van der Waals surface area contributed by atoms with E-state index < -0.39 is 0 Å². The van der Waals surface area contributed by atoms with E-state index in [1.807, 2.05) is 13.1 Å². The van der Waals surface area contributed by atoms with Gasteiger partial charge in [-0.3, -0.25) is 0 Å². The molecule has 3 aromatic rings. The Morgan fingerprint density at radius 1 is 1.05 bits per heavy atom. The Morgan fingerprint density at radius 3 is 2.68 bits per heavy atom. The third kappa shape index (κ3) is 3.10. The molecule has 112 valence electrons. The van der Waals surface area contributed by atoms with Crippen molar-refractivity contribution >= 4 is 16.7 Å². The van der Waals surface area contributed by atoms with Crippen molar-refractivity contribution in [2.24, 2.45) is 0 Å². The van der Waals surface area contributed by atoms with E-state index in [2.05, 4.69) is 59.7 Å². The van der Waals surface area contributed by atoms with E-state index in [0.717, 1.165) is 18.5 Å². The lowest BCUT2D eigenvalue weighted by atomic mass is 9.99. The molecule has 3 N–H and O–H groups in total. The van der Waals surface area contributed by atoms with Crippen LogP contribution in [0.2, 0.25) is 0 Å². The van der Waals surface area contributed by atoms with E-state index in [4.69, 9.17) is 5.73 Å². The summed E-state index contributed by atoms with van der Waals surface area (Å²) in [5, 5.41) is 4.37. The number of pyridine rings is 1. The lowest BCUT2D eigenvalue weighted by Crippen LogP contribution is -2.05. The molecule has 2 aromatic carbocycles. The standard InChI is InChI=1S/C19H21N3/c1-13-6-7-17-16(11-19(20)22-18(17)8-13)10-14-4-3-5-15(9-14)12-21-2/h3-9,11,21H,10,12H2,1-2H3,(H2,20,22). The Balaban J connectivity index is 2.01. The summed E-state index contributed by atoms with van der Waals surface area (Å²) in [6.45, 7) is 2.96. The van der Waals surface area contributed by atoms with Crippen LogP contribution in [0.1, 0.15) is 22.3 Å². The number of aromatic nitrogens is 1. The highest BCUT2D eigenvalue weighted by Crippen LogP contribution is 2.23. The first kappa shape index (κ1) is 14.5. The van der Waals surface area contributed by atoms with Crippen molar-refractivity contribution in [3.8, 4) is 0 Å². The summed E-state index contributed by atoms with van der Waals surface area (Å²) in [4.78, 5) is 4.45. The predicted octanol–water partition coefficient (Wildman–Crippen LogP) is 3.44. The summed E-state index contributed by atoms with van der Waals surface area (Å²) in [6.07, 6.45) is 0.865. The zero-order valence-corrected chi connectivity index (χ0v) is 13.1. The van der Waals surface area contributed by atoms with Crippen molar-refractivity contribution in [2.75, 3.05) is 12.8 Å². The van der Waals surface area contributed by atoms with Gasteiger partial charge in [0.15, 0.2) is 0 Å². The van der Waals surface area contributed by atoms with Crippen LogP contribution in [0.4, 0.5) is 5.82 Å². The Kier molecular flexibility index (Phi) is 4.07. The van der Waals surface area contributed by atoms with Crippen molar-refractivity contribution in [2.45, 2.75) is 19.9 Å². The number of fused-ring (bicyclic) bond motifs is 1. The minimum Gasteiger partial charge on any atom is -0.384 e. The number of aryl methyl sites for hydroxylation is 1. The van der Waals surface area contributed by atoms with Crippen molar-refractivity contribution in [1.82, 2.24) is 10.3 Å². The molecule has 0 radical (unpaired) electrons.